The molecule has 0 radical (unpaired) electrons. The van der Waals surface area contributed by atoms with E-state index in [0.29, 0.717) is 6.54 Å². The number of hydrogen-bond acceptors (Lipinski definition) is 3. The Hall–Kier alpha value is -0.610. The number of nitrogens with one attached hydrogen (secondary N) is 1. The van der Waals surface area contributed by atoms with Gasteiger partial charge in [0, 0.05) is 27.7 Å². The summed E-state index contributed by atoms with van der Waals surface area (Å²) in [5.74, 6) is 0.112. The zero-order valence-corrected chi connectivity index (χ0v) is 7.72. The van der Waals surface area contributed by atoms with Gasteiger partial charge in [0.2, 0.25) is 5.91 Å². The highest BCUT2D eigenvalue weighted by molar-refractivity contribution is 5.77. The van der Waals surface area contributed by atoms with Gasteiger partial charge >= 0.3 is 0 Å². The SMILES string of the molecule is CCN(C)C(=O)CNN(C)C. The number of likely N-dealkylation sites (N-methyl/N-ethyl adjacent to an activating group) is 1. The number of hydrogen-bond donors (Lipinski definition) is 1. The fourth-order valence-electron chi connectivity index (χ4n) is 0.537. The van der Waals surface area contributed by atoms with E-state index in [1.807, 2.05) is 21.0 Å². The fraction of sp³-hybridized carbons (Fsp3) is 0.857. The standard InChI is InChI=1S/C7H17N3O/c1-5-10(4)7(11)6-8-9(2)3/h8H,5-6H2,1-4H3. The monoisotopic (exact) mass is 159 g/mol. The van der Waals surface area contributed by atoms with Gasteiger partial charge in [0.25, 0.3) is 0 Å². The van der Waals surface area contributed by atoms with Crippen molar-refractivity contribution in [3.05, 3.63) is 0 Å². The molecule has 0 heterocycles. The van der Waals surface area contributed by atoms with Gasteiger partial charge in [-0.2, -0.15) is 0 Å². The maximum atomic E-state index is 11.1. The van der Waals surface area contributed by atoms with Crippen molar-refractivity contribution in [3.8, 4) is 0 Å². The van der Waals surface area contributed by atoms with Crippen LogP contribution in [0.5, 0.6) is 0 Å². The highest BCUT2D eigenvalue weighted by Gasteiger charge is 2.04. The summed E-state index contributed by atoms with van der Waals surface area (Å²) in [6.45, 7) is 3.08. The summed E-state index contributed by atoms with van der Waals surface area (Å²) in [7, 11) is 5.51. The lowest BCUT2D eigenvalue weighted by Gasteiger charge is -2.17. The first-order chi connectivity index (χ1) is 5.07. The highest BCUT2D eigenvalue weighted by atomic mass is 16.2. The molecule has 1 N–H and O–H groups in total. The van der Waals surface area contributed by atoms with Gasteiger partial charge in [0.1, 0.15) is 0 Å². The van der Waals surface area contributed by atoms with Gasteiger partial charge in [-0.05, 0) is 6.92 Å². The van der Waals surface area contributed by atoms with Crippen LogP contribution >= 0.6 is 0 Å². The summed E-state index contributed by atoms with van der Waals surface area (Å²) >= 11 is 0. The molecule has 0 fully saturated rings. The molecule has 0 saturated heterocycles. The molecular weight excluding hydrogens is 142 g/mol. The predicted octanol–water partition coefficient (Wildman–Crippen LogP) is -0.469. The summed E-state index contributed by atoms with van der Waals surface area (Å²) in [6.07, 6.45) is 0. The van der Waals surface area contributed by atoms with E-state index in [9.17, 15) is 4.79 Å². The Morgan fingerprint density at radius 1 is 1.36 bits per heavy atom. The number of hydrazine groups is 1. The maximum Gasteiger partial charge on any atom is 0.237 e. The third-order valence-corrected chi connectivity index (χ3v) is 1.45. The van der Waals surface area contributed by atoms with Crippen molar-refractivity contribution in [2.75, 3.05) is 34.2 Å². The van der Waals surface area contributed by atoms with Crippen LogP contribution in [0.3, 0.4) is 0 Å². The summed E-state index contributed by atoms with van der Waals surface area (Å²) in [5.41, 5.74) is 2.90. The van der Waals surface area contributed by atoms with Gasteiger partial charge in [-0.3, -0.25) is 9.80 Å². The Morgan fingerprint density at radius 3 is 2.27 bits per heavy atom. The number of rotatable bonds is 4. The van der Waals surface area contributed by atoms with E-state index >= 15 is 0 Å². The van der Waals surface area contributed by atoms with E-state index in [0.717, 1.165) is 6.54 Å². The third-order valence-electron chi connectivity index (χ3n) is 1.45. The highest BCUT2D eigenvalue weighted by Crippen LogP contribution is 1.81. The van der Waals surface area contributed by atoms with Gasteiger partial charge in [-0.15, -0.1) is 0 Å². The molecule has 0 spiro atoms. The fourth-order valence-corrected chi connectivity index (χ4v) is 0.537. The molecule has 0 bridgehead atoms. The molecule has 0 aliphatic carbocycles. The van der Waals surface area contributed by atoms with E-state index < -0.39 is 0 Å². The van der Waals surface area contributed by atoms with E-state index in [1.54, 1.807) is 17.0 Å². The maximum absolute atomic E-state index is 11.1. The smallest absolute Gasteiger partial charge is 0.237 e. The zero-order valence-electron chi connectivity index (χ0n) is 7.72. The summed E-state index contributed by atoms with van der Waals surface area (Å²) in [4.78, 5) is 12.8. The van der Waals surface area contributed by atoms with Crippen LogP contribution in [-0.4, -0.2) is 50.0 Å². The topological polar surface area (TPSA) is 35.6 Å². The van der Waals surface area contributed by atoms with Crippen LogP contribution < -0.4 is 5.43 Å². The quantitative estimate of drug-likeness (QED) is 0.563. The second-order valence-electron chi connectivity index (χ2n) is 2.64. The van der Waals surface area contributed by atoms with Crippen molar-refractivity contribution >= 4 is 5.91 Å². The van der Waals surface area contributed by atoms with E-state index in [1.165, 1.54) is 0 Å². The van der Waals surface area contributed by atoms with Crippen molar-refractivity contribution in [3.63, 3.8) is 0 Å². The number of amides is 1. The van der Waals surface area contributed by atoms with Crippen molar-refractivity contribution in [1.29, 1.82) is 0 Å². The van der Waals surface area contributed by atoms with Crippen LogP contribution in [-0.2, 0) is 4.79 Å². The molecule has 0 aromatic rings. The molecule has 0 aromatic heterocycles. The zero-order chi connectivity index (χ0) is 8.85. The lowest BCUT2D eigenvalue weighted by atomic mass is 10.5. The lowest BCUT2D eigenvalue weighted by Crippen LogP contribution is -2.40. The Balaban J connectivity index is 3.52. The molecule has 4 nitrogen and oxygen atoms in total. The van der Waals surface area contributed by atoms with E-state index in [4.69, 9.17) is 0 Å². The van der Waals surface area contributed by atoms with Crippen molar-refractivity contribution in [2.24, 2.45) is 0 Å². The van der Waals surface area contributed by atoms with Gasteiger partial charge in [0.15, 0.2) is 0 Å². The normalized spacial score (nSPS) is 10.3. The number of carbonyl (C=O) groups excluding carboxylic acids is 1. The Labute approximate surface area is 68.1 Å². The van der Waals surface area contributed by atoms with Crippen LogP contribution in [0.4, 0.5) is 0 Å². The molecule has 0 unspecified atom stereocenters. The number of carbonyl (C=O) groups is 1. The Kier molecular flexibility index (Phi) is 4.81. The van der Waals surface area contributed by atoms with Gasteiger partial charge in [0.05, 0.1) is 6.54 Å². The van der Waals surface area contributed by atoms with Gasteiger partial charge < -0.3 is 4.90 Å². The van der Waals surface area contributed by atoms with Gasteiger partial charge in [-0.25, -0.2) is 5.43 Å². The summed E-state index contributed by atoms with van der Waals surface area (Å²) in [6, 6.07) is 0. The van der Waals surface area contributed by atoms with Crippen molar-refractivity contribution < 1.29 is 4.79 Å². The molecule has 0 aliphatic rings. The molecule has 66 valence electrons. The molecule has 0 aliphatic heterocycles. The minimum atomic E-state index is 0.112. The molecular formula is C7H17N3O. The molecule has 0 saturated carbocycles. The van der Waals surface area contributed by atoms with Crippen molar-refractivity contribution in [2.45, 2.75) is 6.92 Å². The third kappa shape index (κ3) is 4.75. The Morgan fingerprint density at radius 2 is 1.91 bits per heavy atom. The largest absolute Gasteiger partial charge is 0.345 e. The van der Waals surface area contributed by atoms with E-state index in [-0.39, 0.29) is 5.91 Å². The predicted molar refractivity (Wildman–Crippen MR) is 45.0 cm³/mol. The molecule has 0 aromatic carbocycles. The summed E-state index contributed by atoms with van der Waals surface area (Å²) in [5, 5.41) is 1.77. The number of nitrogens with zero attached hydrogens (tertiary/aromatic N) is 2. The summed E-state index contributed by atoms with van der Waals surface area (Å²) < 4.78 is 0. The van der Waals surface area contributed by atoms with Gasteiger partial charge in [-0.1, -0.05) is 0 Å². The van der Waals surface area contributed by atoms with Crippen LogP contribution in [0.15, 0.2) is 0 Å². The van der Waals surface area contributed by atoms with Crippen LogP contribution in [0.2, 0.25) is 0 Å². The first kappa shape index (κ1) is 10.4. The first-order valence-corrected chi connectivity index (χ1v) is 3.72. The lowest BCUT2D eigenvalue weighted by molar-refractivity contribution is -0.129. The van der Waals surface area contributed by atoms with Crippen LogP contribution in [0.25, 0.3) is 0 Å². The van der Waals surface area contributed by atoms with Crippen LogP contribution in [0.1, 0.15) is 6.92 Å². The Bertz CT molecular complexity index is 125. The van der Waals surface area contributed by atoms with E-state index in [2.05, 4.69) is 5.43 Å². The van der Waals surface area contributed by atoms with Crippen LogP contribution in [0, 0.1) is 0 Å². The average molecular weight is 159 g/mol. The minimum absolute atomic E-state index is 0.112. The van der Waals surface area contributed by atoms with Crippen molar-refractivity contribution in [1.82, 2.24) is 15.3 Å². The molecule has 4 heteroatoms. The minimum Gasteiger partial charge on any atom is -0.345 e. The second-order valence-corrected chi connectivity index (χ2v) is 2.64. The molecule has 1 amide bonds. The molecule has 0 rings (SSSR count). The molecule has 0 atom stereocenters. The molecule has 11 heavy (non-hydrogen) atoms. The first-order valence-electron chi connectivity index (χ1n) is 3.72. The second kappa shape index (κ2) is 5.09. The average Bonchev–Trinajstić information content (AvgIpc) is 1.98.